The second-order valence-corrected chi connectivity index (χ2v) is 5.93. The van der Waals surface area contributed by atoms with Gasteiger partial charge in [-0.1, -0.05) is 6.92 Å². The summed E-state index contributed by atoms with van der Waals surface area (Å²) < 4.78 is 14.2. The van der Waals surface area contributed by atoms with Crippen LogP contribution in [-0.2, 0) is 11.3 Å². The van der Waals surface area contributed by atoms with Crippen LogP contribution in [0.5, 0.6) is 0 Å². The minimum Gasteiger partial charge on any atom is -0.358 e. The number of carbonyl (C=O) groups excluding carboxylic acids is 1. The normalized spacial score (nSPS) is 12.5. The van der Waals surface area contributed by atoms with Gasteiger partial charge in [-0.25, -0.2) is 5.43 Å². The van der Waals surface area contributed by atoms with Gasteiger partial charge in [0.05, 0.1) is 40.4 Å². The molecule has 2 rings (SSSR count). The van der Waals surface area contributed by atoms with Gasteiger partial charge >= 0.3 is 5.82 Å². The summed E-state index contributed by atoms with van der Waals surface area (Å²) in [7, 11) is 0. The lowest BCUT2D eigenvalue weighted by Gasteiger charge is -2.08. The molecule has 0 saturated heterocycles. The van der Waals surface area contributed by atoms with Gasteiger partial charge in [-0.15, -0.1) is 11.3 Å². The van der Waals surface area contributed by atoms with E-state index in [0.717, 1.165) is 11.3 Å². The van der Waals surface area contributed by atoms with Crippen LogP contribution in [0.4, 0.5) is 10.2 Å². The van der Waals surface area contributed by atoms with E-state index in [1.807, 2.05) is 0 Å². The highest BCUT2D eigenvalue weighted by Gasteiger charge is 2.20. The summed E-state index contributed by atoms with van der Waals surface area (Å²) in [4.78, 5) is 22.6. The van der Waals surface area contributed by atoms with Gasteiger partial charge in [-0.2, -0.15) is 14.2 Å². The summed E-state index contributed by atoms with van der Waals surface area (Å²) in [6.07, 6.45) is 1.35. The Hall–Kier alpha value is -2.62. The van der Waals surface area contributed by atoms with E-state index in [9.17, 15) is 19.3 Å². The summed E-state index contributed by atoms with van der Waals surface area (Å²) >= 11 is 0.913. The molecule has 23 heavy (non-hydrogen) atoms. The second-order valence-electron chi connectivity index (χ2n) is 4.86. The Bertz CT molecular complexity index is 755. The number of aryl methyl sites for hydroxylation is 1. The minimum atomic E-state index is -0.585. The zero-order chi connectivity index (χ0) is 17.0. The molecule has 0 saturated carbocycles. The lowest BCUT2D eigenvalue weighted by molar-refractivity contribution is -0.389. The lowest BCUT2D eigenvalue weighted by atomic mass is 10.2. The van der Waals surface area contributed by atoms with Crippen molar-refractivity contribution in [3.8, 4) is 0 Å². The van der Waals surface area contributed by atoms with Crippen LogP contribution in [0.15, 0.2) is 23.3 Å². The molecule has 1 unspecified atom stereocenters. The molecule has 122 valence electrons. The maximum absolute atomic E-state index is 12.8. The van der Waals surface area contributed by atoms with E-state index in [1.165, 1.54) is 23.0 Å². The molecule has 0 radical (unpaired) electrons. The van der Waals surface area contributed by atoms with Crippen molar-refractivity contribution in [1.82, 2.24) is 15.2 Å². The van der Waals surface area contributed by atoms with Gasteiger partial charge in [-0.05, 0) is 24.0 Å². The van der Waals surface area contributed by atoms with E-state index in [-0.39, 0.29) is 23.4 Å². The van der Waals surface area contributed by atoms with Crippen LogP contribution in [0.25, 0.3) is 0 Å². The predicted molar refractivity (Wildman–Crippen MR) is 82.8 cm³/mol. The van der Waals surface area contributed by atoms with Gasteiger partial charge in [0.15, 0.2) is 5.13 Å². The number of rotatable bonds is 6. The fourth-order valence-corrected chi connectivity index (χ4v) is 2.38. The van der Waals surface area contributed by atoms with Crippen LogP contribution in [0, 0.1) is 28.1 Å². The molecular weight excluding hydrogens is 325 g/mol. The first-order valence-corrected chi connectivity index (χ1v) is 7.45. The molecule has 0 aliphatic heterocycles. The van der Waals surface area contributed by atoms with Gasteiger partial charge in [0.1, 0.15) is 0 Å². The number of hydrazone groups is 1. The minimum absolute atomic E-state index is 0.189. The molecule has 8 nitrogen and oxygen atoms in total. The molecule has 1 amide bonds. The maximum atomic E-state index is 12.8. The highest BCUT2D eigenvalue weighted by Crippen LogP contribution is 2.13. The van der Waals surface area contributed by atoms with Gasteiger partial charge < -0.3 is 10.1 Å². The van der Waals surface area contributed by atoms with Crippen molar-refractivity contribution >= 4 is 29.3 Å². The van der Waals surface area contributed by atoms with Gasteiger partial charge in [0.2, 0.25) is 5.91 Å². The molecule has 2 aromatic heterocycles. The van der Waals surface area contributed by atoms with E-state index in [4.69, 9.17) is 0 Å². The number of aromatic nitrogens is 2. The van der Waals surface area contributed by atoms with Gasteiger partial charge in [0.25, 0.3) is 0 Å². The number of thiophene rings is 1. The molecule has 0 aromatic carbocycles. The zero-order valence-corrected chi connectivity index (χ0v) is 13.2. The Morgan fingerprint density at radius 3 is 2.96 bits per heavy atom. The van der Waals surface area contributed by atoms with E-state index in [0.29, 0.717) is 10.6 Å². The number of carbonyl (C=O) groups is 1. The molecule has 2 heterocycles. The second kappa shape index (κ2) is 7.09. The first-order valence-electron chi connectivity index (χ1n) is 6.64. The standard InChI is InChI=1S/C13H14FN5O3S/c1-8(7-18-9(2)5-12(17-18)19(21)22)13(20)16-15-6-10-3-4-11(14)23-10/h3-6,8H,7H2,1-2H3,(H,16,20). The molecule has 2 aromatic rings. The Morgan fingerprint density at radius 1 is 1.65 bits per heavy atom. The summed E-state index contributed by atoms with van der Waals surface area (Å²) in [5.74, 6) is -1.12. The third kappa shape index (κ3) is 4.42. The van der Waals surface area contributed by atoms with Crippen LogP contribution in [0.1, 0.15) is 17.5 Å². The largest absolute Gasteiger partial charge is 0.390 e. The molecule has 1 N–H and O–H groups in total. The summed E-state index contributed by atoms with van der Waals surface area (Å²) in [6, 6.07) is 4.20. The third-order valence-electron chi connectivity index (χ3n) is 3.01. The number of hydrogen-bond donors (Lipinski definition) is 1. The number of amides is 1. The number of halogens is 1. The van der Waals surface area contributed by atoms with Crippen molar-refractivity contribution in [3.05, 3.63) is 44.0 Å². The molecule has 10 heteroatoms. The summed E-state index contributed by atoms with van der Waals surface area (Å²) in [6.45, 7) is 3.52. The van der Waals surface area contributed by atoms with E-state index >= 15 is 0 Å². The molecule has 0 bridgehead atoms. The monoisotopic (exact) mass is 339 g/mol. The number of nitrogens with one attached hydrogen (secondary N) is 1. The highest BCUT2D eigenvalue weighted by atomic mass is 32.1. The number of nitro groups is 1. The van der Waals surface area contributed by atoms with Crippen LogP contribution >= 0.6 is 11.3 Å². The fourth-order valence-electron chi connectivity index (χ4n) is 1.78. The highest BCUT2D eigenvalue weighted by molar-refractivity contribution is 7.12. The molecule has 0 aliphatic rings. The van der Waals surface area contributed by atoms with Crippen molar-refractivity contribution < 1.29 is 14.1 Å². The van der Waals surface area contributed by atoms with Crippen molar-refractivity contribution in [2.45, 2.75) is 20.4 Å². The topological polar surface area (TPSA) is 102 Å². The summed E-state index contributed by atoms with van der Waals surface area (Å²) in [5, 5.41) is 17.9. The quantitative estimate of drug-likeness (QED) is 0.494. The number of nitrogens with zero attached hydrogens (tertiary/aromatic N) is 4. The first-order chi connectivity index (χ1) is 10.9. The van der Waals surface area contributed by atoms with Gasteiger partial charge in [0, 0.05) is 0 Å². The Balaban J connectivity index is 1.92. The SMILES string of the molecule is Cc1cc([N+](=O)[O-])nn1CC(C)C(=O)NN=Cc1ccc(F)s1. The zero-order valence-electron chi connectivity index (χ0n) is 12.4. The Labute approximate surface area is 134 Å². The number of hydrogen-bond acceptors (Lipinski definition) is 6. The lowest BCUT2D eigenvalue weighted by Crippen LogP contribution is -2.28. The average Bonchev–Trinajstić information content (AvgIpc) is 3.05. The van der Waals surface area contributed by atoms with Crippen LogP contribution < -0.4 is 5.43 Å². The molecule has 1 atom stereocenters. The van der Waals surface area contributed by atoms with Crippen molar-refractivity contribution in [2.24, 2.45) is 11.0 Å². The van der Waals surface area contributed by atoms with Crippen molar-refractivity contribution in [3.63, 3.8) is 0 Å². The van der Waals surface area contributed by atoms with Crippen LogP contribution in [-0.4, -0.2) is 26.8 Å². The van der Waals surface area contributed by atoms with Crippen molar-refractivity contribution in [1.29, 1.82) is 0 Å². The Morgan fingerprint density at radius 2 is 2.39 bits per heavy atom. The van der Waals surface area contributed by atoms with Gasteiger partial charge in [-0.3, -0.25) is 4.79 Å². The fraction of sp³-hybridized carbons (Fsp3) is 0.308. The molecule has 0 fully saturated rings. The third-order valence-corrected chi connectivity index (χ3v) is 3.82. The molecule has 0 spiro atoms. The summed E-state index contributed by atoms with van der Waals surface area (Å²) in [5.41, 5.74) is 2.94. The molecular formula is C13H14FN5O3S. The van der Waals surface area contributed by atoms with Crippen molar-refractivity contribution in [2.75, 3.05) is 0 Å². The first kappa shape index (κ1) is 16.7. The average molecular weight is 339 g/mol. The van der Waals surface area contributed by atoms with Crippen LogP contribution in [0.2, 0.25) is 0 Å². The van der Waals surface area contributed by atoms with E-state index < -0.39 is 10.8 Å². The molecule has 0 aliphatic carbocycles. The predicted octanol–water partition coefficient (Wildman–Crippen LogP) is 2.09. The maximum Gasteiger partial charge on any atom is 0.390 e. The van der Waals surface area contributed by atoms with E-state index in [1.54, 1.807) is 19.9 Å². The van der Waals surface area contributed by atoms with E-state index in [2.05, 4.69) is 15.6 Å². The smallest absolute Gasteiger partial charge is 0.358 e. The Kier molecular flexibility index (Phi) is 5.16. The van der Waals surface area contributed by atoms with Crippen LogP contribution in [0.3, 0.4) is 0 Å².